The van der Waals surface area contributed by atoms with Gasteiger partial charge in [0.25, 0.3) is 5.56 Å². The first-order chi connectivity index (χ1) is 7.22. The summed E-state index contributed by atoms with van der Waals surface area (Å²) in [7, 11) is 0. The molecular formula is C10H9FN2O2. The summed E-state index contributed by atoms with van der Waals surface area (Å²) in [5.41, 5.74) is 0.115. The SMILES string of the molecule is O=c1c2cc(F)ccc2ncn1CCO. The zero-order valence-electron chi connectivity index (χ0n) is 7.85. The lowest BCUT2D eigenvalue weighted by molar-refractivity contribution is 0.274. The fourth-order valence-corrected chi connectivity index (χ4v) is 1.40. The van der Waals surface area contributed by atoms with Crippen LogP contribution in [0.3, 0.4) is 0 Å². The van der Waals surface area contributed by atoms with Crippen LogP contribution >= 0.6 is 0 Å². The number of halogens is 1. The summed E-state index contributed by atoms with van der Waals surface area (Å²) in [6.07, 6.45) is 1.35. The summed E-state index contributed by atoms with van der Waals surface area (Å²) in [4.78, 5) is 15.7. The van der Waals surface area contributed by atoms with Crippen molar-refractivity contribution in [2.75, 3.05) is 6.61 Å². The number of nitrogens with zero attached hydrogens (tertiary/aromatic N) is 2. The molecule has 0 atom stereocenters. The minimum absolute atomic E-state index is 0.150. The van der Waals surface area contributed by atoms with E-state index in [1.807, 2.05) is 0 Å². The first-order valence-electron chi connectivity index (χ1n) is 4.48. The molecule has 0 aliphatic rings. The van der Waals surface area contributed by atoms with Gasteiger partial charge in [-0.25, -0.2) is 9.37 Å². The Morgan fingerprint density at radius 1 is 1.47 bits per heavy atom. The fraction of sp³-hybridized carbons (Fsp3) is 0.200. The molecule has 0 aliphatic carbocycles. The van der Waals surface area contributed by atoms with Crippen molar-refractivity contribution in [1.29, 1.82) is 0 Å². The second kappa shape index (κ2) is 3.78. The van der Waals surface area contributed by atoms with E-state index in [1.165, 1.54) is 23.0 Å². The van der Waals surface area contributed by atoms with Crippen molar-refractivity contribution in [3.63, 3.8) is 0 Å². The number of hydrogen-bond acceptors (Lipinski definition) is 3. The van der Waals surface area contributed by atoms with E-state index < -0.39 is 5.82 Å². The average Bonchev–Trinajstić information content (AvgIpc) is 2.23. The van der Waals surface area contributed by atoms with Gasteiger partial charge in [0.1, 0.15) is 5.82 Å². The summed E-state index contributed by atoms with van der Waals surface area (Å²) in [5.74, 6) is -0.469. The van der Waals surface area contributed by atoms with Crippen molar-refractivity contribution in [2.45, 2.75) is 6.54 Å². The van der Waals surface area contributed by atoms with Gasteiger partial charge in [-0.2, -0.15) is 0 Å². The first kappa shape index (κ1) is 9.79. The highest BCUT2D eigenvalue weighted by Crippen LogP contribution is 2.08. The van der Waals surface area contributed by atoms with Crippen LogP contribution in [-0.4, -0.2) is 21.3 Å². The van der Waals surface area contributed by atoms with Crippen LogP contribution in [0.5, 0.6) is 0 Å². The van der Waals surface area contributed by atoms with Crippen molar-refractivity contribution < 1.29 is 9.50 Å². The Bertz CT molecular complexity index is 551. The quantitative estimate of drug-likeness (QED) is 0.783. The molecule has 4 nitrogen and oxygen atoms in total. The number of aromatic nitrogens is 2. The number of aliphatic hydroxyl groups excluding tert-OH is 1. The number of benzene rings is 1. The maximum absolute atomic E-state index is 12.9. The zero-order chi connectivity index (χ0) is 10.8. The Morgan fingerprint density at radius 2 is 2.27 bits per heavy atom. The standard InChI is InChI=1S/C10H9FN2O2/c11-7-1-2-9-8(5-7)10(15)13(3-4-14)6-12-9/h1-2,5-6,14H,3-4H2. The third-order valence-electron chi connectivity index (χ3n) is 2.13. The van der Waals surface area contributed by atoms with Gasteiger partial charge in [-0.15, -0.1) is 0 Å². The molecule has 0 fully saturated rings. The van der Waals surface area contributed by atoms with Crippen molar-refractivity contribution in [3.8, 4) is 0 Å². The molecule has 0 amide bonds. The van der Waals surface area contributed by atoms with Gasteiger partial charge in [0.2, 0.25) is 0 Å². The third-order valence-corrected chi connectivity index (χ3v) is 2.13. The minimum atomic E-state index is -0.469. The monoisotopic (exact) mass is 208 g/mol. The molecule has 0 bridgehead atoms. The molecule has 1 aromatic heterocycles. The van der Waals surface area contributed by atoms with E-state index in [0.29, 0.717) is 5.52 Å². The molecule has 0 unspecified atom stereocenters. The minimum Gasteiger partial charge on any atom is -0.395 e. The molecule has 1 N–H and O–H groups in total. The number of rotatable bonds is 2. The van der Waals surface area contributed by atoms with Crippen molar-refractivity contribution in [2.24, 2.45) is 0 Å². The molecule has 15 heavy (non-hydrogen) atoms. The van der Waals surface area contributed by atoms with Gasteiger partial charge in [0.15, 0.2) is 0 Å². The lowest BCUT2D eigenvalue weighted by atomic mass is 10.2. The zero-order valence-corrected chi connectivity index (χ0v) is 7.85. The lowest BCUT2D eigenvalue weighted by Crippen LogP contribution is -2.22. The topological polar surface area (TPSA) is 55.1 Å². The molecule has 0 saturated carbocycles. The molecule has 5 heteroatoms. The van der Waals surface area contributed by atoms with Crippen LogP contribution in [-0.2, 0) is 6.54 Å². The van der Waals surface area contributed by atoms with Gasteiger partial charge in [-0.3, -0.25) is 9.36 Å². The Morgan fingerprint density at radius 3 is 3.00 bits per heavy atom. The van der Waals surface area contributed by atoms with Gasteiger partial charge in [-0.05, 0) is 18.2 Å². The van der Waals surface area contributed by atoms with Gasteiger partial charge < -0.3 is 5.11 Å². The van der Waals surface area contributed by atoms with Crippen LogP contribution in [0.25, 0.3) is 10.9 Å². The first-order valence-corrected chi connectivity index (χ1v) is 4.48. The molecule has 0 aliphatic heterocycles. The van der Waals surface area contributed by atoms with Crippen LogP contribution in [0, 0.1) is 5.82 Å². The van der Waals surface area contributed by atoms with E-state index in [-0.39, 0.29) is 24.1 Å². The van der Waals surface area contributed by atoms with Gasteiger partial charge in [0.05, 0.1) is 30.4 Å². The number of hydrogen-bond donors (Lipinski definition) is 1. The highest BCUT2D eigenvalue weighted by atomic mass is 19.1. The van der Waals surface area contributed by atoms with Gasteiger partial charge >= 0.3 is 0 Å². The predicted octanol–water partition coefficient (Wildman–Crippen LogP) is 0.528. The van der Waals surface area contributed by atoms with Gasteiger partial charge in [0, 0.05) is 0 Å². The molecular weight excluding hydrogens is 199 g/mol. The number of fused-ring (bicyclic) bond motifs is 1. The average molecular weight is 208 g/mol. The molecule has 0 spiro atoms. The van der Waals surface area contributed by atoms with Crippen LogP contribution < -0.4 is 5.56 Å². The Hall–Kier alpha value is -1.75. The molecule has 0 saturated heterocycles. The fourth-order valence-electron chi connectivity index (χ4n) is 1.40. The van der Waals surface area contributed by atoms with Crippen LogP contribution in [0.2, 0.25) is 0 Å². The largest absolute Gasteiger partial charge is 0.395 e. The van der Waals surface area contributed by atoms with Gasteiger partial charge in [-0.1, -0.05) is 0 Å². The van der Waals surface area contributed by atoms with E-state index in [0.717, 1.165) is 6.07 Å². The Balaban J connectivity index is 2.71. The molecule has 2 rings (SSSR count). The van der Waals surface area contributed by atoms with Crippen LogP contribution in [0.15, 0.2) is 29.3 Å². The lowest BCUT2D eigenvalue weighted by Gasteiger charge is -2.03. The summed E-state index contributed by atoms with van der Waals surface area (Å²) < 4.78 is 14.2. The van der Waals surface area contributed by atoms with Crippen molar-refractivity contribution >= 4 is 10.9 Å². The maximum Gasteiger partial charge on any atom is 0.261 e. The molecule has 1 aromatic carbocycles. The van der Waals surface area contributed by atoms with E-state index in [2.05, 4.69) is 4.98 Å². The molecule has 2 aromatic rings. The van der Waals surface area contributed by atoms with E-state index >= 15 is 0 Å². The summed E-state index contributed by atoms with van der Waals surface area (Å²) in [5, 5.41) is 8.94. The Labute approximate surface area is 84.6 Å². The smallest absolute Gasteiger partial charge is 0.261 e. The molecule has 1 heterocycles. The van der Waals surface area contributed by atoms with E-state index in [4.69, 9.17) is 5.11 Å². The summed E-state index contributed by atoms with van der Waals surface area (Å²) in [6.45, 7) is 0.0146. The normalized spacial score (nSPS) is 10.8. The molecule has 0 radical (unpaired) electrons. The Kier molecular flexibility index (Phi) is 2.47. The predicted molar refractivity (Wildman–Crippen MR) is 53.0 cm³/mol. The van der Waals surface area contributed by atoms with E-state index in [1.54, 1.807) is 0 Å². The second-order valence-corrected chi connectivity index (χ2v) is 3.13. The van der Waals surface area contributed by atoms with E-state index in [9.17, 15) is 9.18 Å². The maximum atomic E-state index is 12.9. The second-order valence-electron chi connectivity index (χ2n) is 3.13. The van der Waals surface area contributed by atoms with Crippen LogP contribution in [0.4, 0.5) is 4.39 Å². The van der Waals surface area contributed by atoms with Crippen LogP contribution in [0.1, 0.15) is 0 Å². The third kappa shape index (κ3) is 1.73. The highest BCUT2D eigenvalue weighted by Gasteiger charge is 2.04. The summed E-state index contributed by atoms with van der Waals surface area (Å²) >= 11 is 0. The van der Waals surface area contributed by atoms with Crippen molar-refractivity contribution in [1.82, 2.24) is 9.55 Å². The summed E-state index contributed by atoms with van der Waals surface area (Å²) in [6, 6.07) is 3.86. The number of aliphatic hydroxyl groups is 1. The molecule has 78 valence electrons. The highest BCUT2D eigenvalue weighted by molar-refractivity contribution is 5.77. The van der Waals surface area contributed by atoms with Crippen molar-refractivity contribution in [3.05, 3.63) is 40.7 Å².